The van der Waals surface area contributed by atoms with Crippen molar-refractivity contribution in [2.75, 3.05) is 26.2 Å². The van der Waals surface area contributed by atoms with Crippen LogP contribution in [-0.2, 0) is 10.0 Å². The van der Waals surface area contributed by atoms with E-state index in [4.69, 9.17) is 32.7 Å². The van der Waals surface area contributed by atoms with E-state index < -0.39 is 16.1 Å². The van der Waals surface area contributed by atoms with Crippen LogP contribution < -0.4 is 9.47 Å². The minimum Gasteiger partial charge on any atom is -0.456 e. The number of amides is 1. The normalized spacial score (nSPS) is 14.2. The van der Waals surface area contributed by atoms with Crippen LogP contribution in [0.25, 0.3) is 0 Å². The monoisotopic (exact) mass is 545 g/mol. The minimum absolute atomic E-state index is 0.0218. The number of nitriles is 1. The number of ether oxygens (including phenoxy) is 2. The Morgan fingerprint density at radius 3 is 2.17 bits per heavy atom. The van der Waals surface area contributed by atoms with Crippen LogP contribution >= 0.6 is 23.2 Å². The lowest BCUT2D eigenvalue weighted by molar-refractivity contribution is 0.132. The van der Waals surface area contributed by atoms with Gasteiger partial charge in [0.1, 0.15) is 22.1 Å². The number of hydrogen-bond donors (Lipinski definition) is 0. The molecule has 1 amide bonds. The highest BCUT2D eigenvalue weighted by atomic mass is 35.5. The molecule has 8 nitrogen and oxygen atoms in total. The van der Waals surface area contributed by atoms with E-state index in [1.807, 2.05) is 25.1 Å². The highest BCUT2D eigenvalue weighted by molar-refractivity contribution is 7.89. The predicted molar refractivity (Wildman–Crippen MR) is 135 cm³/mol. The Labute approximate surface area is 219 Å². The van der Waals surface area contributed by atoms with Gasteiger partial charge in [0.05, 0.1) is 11.6 Å². The van der Waals surface area contributed by atoms with Gasteiger partial charge in [0.25, 0.3) is 0 Å². The van der Waals surface area contributed by atoms with Gasteiger partial charge >= 0.3 is 6.09 Å². The van der Waals surface area contributed by atoms with Gasteiger partial charge < -0.3 is 14.4 Å². The van der Waals surface area contributed by atoms with Crippen LogP contribution in [0.15, 0.2) is 65.6 Å². The Morgan fingerprint density at radius 2 is 1.56 bits per heavy atom. The summed E-state index contributed by atoms with van der Waals surface area (Å²) in [6, 6.07) is 17.7. The van der Waals surface area contributed by atoms with E-state index in [1.54, 1.807) is 12.1 Å². The summed E-state index contributed by atoms with van der Waals surface area (Å²) in [5, 5.41) is 9.98. The Bertz CT molecular complexity index is 1410. The van der Waals surface area contributed by atoms with Crippen molar-refractivity contribution in [3.63, 3.8) is 0 Å². The summed E-state index contributed by atoms with van der Waals surface area (Å²) in [4.78, 5) is 13.8. The maximum Gasteiger partial charge on any atom is 0.415 e. The van der Waals surface area contributed by atoms with E-state index in [0.717, 1.165) is 5.56 Å². The first-order valence-electron chi connectivity index (χ1n) is 10.9. The predicted octanol–water partition coefficient (Wildman–Crippen LogP) is 5.47. The molecule has 0 aliphatic carbocycles. The molecule has 0 aromatic heterocycles. The topological polar surface area (TPSA) is 99.9 Å². The van der Waals surface area contributed by atoms with Gasteiger partial charge in [-0.2, -0.15) is 9.57 Å². The third-order valence-corrected chi connectivity index (χ3v) is 7.83. The third-order valence-electron chi connectivity index (χ3n) is 5.48. The van der Waals surface area contributed by atoms with Crippen LogP contribution in [0.3, 0.4) is 0 Å². The molecule has 0 unspecified atom stereocenters. The van der Waals surface area contributed by atoms with E-state index in [9.17, 15) is 18.5 Å². The molecular weight excluding hydrogens is 525 g/mol. The molecule has 1 aliphatic heterocycles. The maximum atomic E-state index is 13.5. The second kappa shape index (κ2) is 10.8. The number of halogens is 2. The van der Waals surface area contributed by atoms with Crippen LogP contribution in [0.4, 0.5) is 4.79 Å². The first kappa shape index (κ1) is 25.8. The standard InChI is InChI=1S/C25H21Cl2N3O5S/c1-17-2-5-21(6-3-17)35-25(31)29-8-10-30(11-9-29)36(32,33)24-12-18(16-28)4-7-23(24)34-22-14-19(26)13-20(27)15-22/h2-7,12-15H,8-11H2,1H3. The van der Waals surface area contributed by atoms with Gasteiger partial charge in [0.2, 0.25) is 10.0 Å². The van der Waals surface area contributed by atoms with Crippen molar-refractivity contribution in [1.82, 2.24) is 9.21 Å². The van der Waals surface area contributed by atoms with Gasteiger partial charge in [-0.1, -0.05) is 40.9 Å². The smallest absolute Gasteiger partial charge is 0.415 e. The van der Waals surface area contributed by atoms with Crippen molar-refractivity contribution in [2.24, 2.45) is 0 Å². The fraction of sp³-hybridized carbons (Fsp3) is 0.200. The lowest BCUT2D eigenvalue weighted by atomic mass is 10.2. The molecule has 0 saturated carbocycles. The van der Waals surface area contributed by atoms with Crippen molar-refractivity contribution >= 4 is 39.3 Å². The van der Waals surface area contributed by atoms with E-state index in [-0.39, 0.29) is 48.1 Å². The molecule has 1 saturated heterocycles. The lowest BCUT2D eigenvalue weighted by Gasteiger charge is -2.33. The molecule has 11 heteroatoms. The quantitative estimate of drug-likeness (QED) is 0.421. The number of carbonyl (C=O) groups excluding carboxylic acids is 1. The molecule has 186 valence electrons. The summed E-state index contributed by atoms with van der Waals surface area (Å²) < 4.78 is 39.5. The SMILES string of the molecule is Cc1ccc(OC(=O)N2CCN(S(=O)(=O)c3cc(C#N)ccc3Oc3cc(Cl)cc(Cl)c3)CC2)cc1. The average molecular weight is 546 g/mol. The van der Waals surface area contributed by atoms with Gasteiger partial charge in [-0.05, 0) is 55.5 Å². The third kappa shape index (κ3) is 5.91. The van der Waals surface area contributed by atoms with E-state index in [1.165, 1.54) is 45.6 Å². The van der Waals surface area contributed by atoms with Crippen LogP contribution in [-0.4, -0.2) is 49.9 Å². The molecule has 1 heterocycles. The van der Waals surface area contributed by atoms with Gasteiger partial charge in [-0.15, -0.1) is 0 Å². The summed E-state index contributed by atoms with van der Waals surface area (Å²) in [6.07, 6.45) is -0.552. The number of sulfonamides is 1. The largest absolute Gasteiger partial charge is 0.456 e. The van der Waals surface area contributed by atoms with Gasteiger partial charge in [-0.3, -0.25) is 0 Å². The van der Waals surface area contributed by atoms with Gasteiger partial charge in [0.15, 0.2) is 0 Å². The van der Waals surface area contributed by atoms with Crippen LogP contribution in [0.2, 0.25) is 10.0 Å². The summed E-state index contributed by atoms with van der Waals surface area (Å²) in [6.45, 7) is 2.30. The maximum absolute atomic E-state index is 13.5. The summed E-state index contributed by atoms with van der Waals surface area (Å²) in [5.74, 6) is 0.683. The van der Waals surface area contributed by atoms with Crippen molar-refractivity contribution in [1.29, 1.82) is 5.26 Å². The molecule has 3 aromatic rings. The zero-order valence-corrected chi connectivity index (χ0v) is 21.5. The molecule has 0 atom stereocenters. The molecule has 0 N–H and O–H groups in total. The first-order chi connectivity index (χ1) is 17.2. The lowest BCUT2D eigenvalue weighted by Crippen LogP contribution is -2.51. The molecule has 0 bridgehead atoms. The molecule has 3 aromatic carbocycles. The molecule has 4 rings (SSSR count). The highest BCUT2D eigenvalue weighted by Gasteiger charge is 2.33. The summed E-state index contributed by atoms with van der Waals surface area (Å²) in [5.41, 5.74) is 1.20. The van der Waals surface area contributed by atoms with Crippen LogP contribution in [0, 0.1) is 18.3 Å². The average Bonchev–Trinajstić information content (AvgIpc) is 2.85. The second-order valence-electron chi connectivity index (χ2n) is 8.05. The summed E-state index contributed by atoms with van der Waals surface area (Å²) >= 11 is 12.1. The number of hydrogen-bond acceptors (Lipinski definition) is 6. The zero-order chi connectivity index (χ0) is 25.9. The van der Waals surface area contributed by atoms with Crippen LogP contribution in [0.1, 0.15) is 11.1 Å². The van der Waals surface area contributed by atoms with Crippen molar-refractivity contribution < 1.29 is 22.7 Å². The zero-order valence-electron chi connectivity index (χ0n) is 19.1. The van der Waals surface area contributed by atoms with E-state index in [2.05, 4.69) is 0 Å². The Morgan fingerprint density at radius 1 is 0.917 bits per heavy atom. The molecule has 0 spiro atoms. The van der Waals surface area contributed by atoms with E-state index in [0.29, 0.717) is 15.8 Å². The van der Waals surface area contributed by atoms with Gasteiger partial charge in [0, 0.05) is 36.2 Å². The molecule has 36 heavy (non-hydrogen) atoms. The first-order valence-corrected chi connectivity index (χ1v) is 13.1. The highest BCUT2D eigenvalue weighted by Crippen LogP contribution is 2.34. The second-order valence-corrected chi connectivity index (χ2v) is 10.8. The Hall–Kier alpha value is -3.29. The van der Waals surface area contributed by atoms with Crippen molar-refractivity contribution in [2.45, 2.75) is 11.8 Å². The fourth-order valence-electron chi connectivity index (χ4n) is 3.60. The number of nitrogens with zero attached hydrogens (tertiary/aromatic N) is 3. The molecule has 0 radical (unpaired) electrons. The van der Waals surface area contributed by atoms with Crippen LogP contribution in [0.5, 0.6) is 17.2 Å². The van der Waals surface area contributed by atoms with Gasteiger partial charge in [-0.25, -0.2) is 13.2 Å². The number of rotatable bonds is 5. The Kier molecular flexibility index (Phi) is 7.71. The molecule has 1 aliphatic rings. The molecule has 1 fully saturated rings. The molecular formula is C25H21Cl2N3O5S. The van der Waals surface area contributed by atoms with E-state index >= 15 is 0 Å². The Balaban J connectivity index is 1.51. The number of aryl methyl sites for hydroxylation is 1. The fourth-order valence-corrected chi connectivity index (χ4v) is 5.67. The van der Waals surface area contributed by atoms with Crippen molar-refractivity contribution in [3.05, 3.63) is 81.8 Å². The number of carbonyl (C=O) groups is 1. The number of benzene rings is 3. The minimum atomic E-state index is -4.07. The van der Waals surface area contributed by atoms with Crippen molar-refractivity contribution in [3.8, 4) is 23.3 Å². The number of piperazine rings is 1. The summed E-state index contributed by atoms with van der Waals surface area (Å²) in [7, 11) is -4.07.